The number of carbonyl (C=O) groups excluding carboxylic acids is 1. The van der Waals surface area contributed by atoms with Crippen LogP contribution in [0.25, 0.3) is 0 Å². The number of benzene rings is 1. The number of carbonyl (C=O) groups is 1. The van der Waals surface area contributed by atoms with E-state index in [1.165, 1.54) is 63.3 Å². The first kappa shape index (κ1) is 21.3. The van der Waals surface area contributed by atoms with Crippen LogP contribution in [0.1, 0.15) is 50.5 Å². The summed E-state index contributed by atoms with van der Waals surface area (Å²) in [6.45, 7) is 3.15. The Morgan fingerprint density at radius 3 is 2.39 bits per heavy atom. The Morgan fingerprint density at radius 2 is 1.79 bits per heavy atom. The van der Waals surface area contributed by atoms with Gasteiger partial charge >= 0.3 is 0 Å². The third-order valence-corrected chi connectivity index (χ3v) is 7.82. The van der Waals surface area contributed by atoms with Gasteiger partial charge in [-0.2, -0.15) is 0 Å². The third kappa shape index (κ3) is 5.33. The standard InChI is InChI=1S/C21H33N3O3S/c1-16-9-10-18(13-20(16)28(26,27)23(2)3)22-21(25)15-24(19-11-12-19)14-17-7-5-4-6-8-17/h9-10,13,17,19H,4-8,11-12,14-15H2,1-3H3,(H,22,25). The van der Waals surface area contributed by atoms with Crippen molar-refractivity contribution in [3.8, 4) is 0 Å². The molecule has 0 unspecified atom stereocenters. The molecule has 28 heavy (non-hydrogen) atoms. The van der Waals surface area contributed by atoms with Crippen LogP contribution in [0.15, 0.2) is 23.1 Å². The van der Waals surface area contributed by atoms with Gasteiger partial charge in [-0.05, 0) is 56.2 Å². The zero-order valence-corrected chi connectivity index (χ0v) is 18.1. The highest BCUT2D eigenvalue weighted by atomic mass is 32.2. The summed E-state index contributed by atoms with van der Waals surface area (Å²) in [5, 5.41) is 2.91. The minimum Gasteiger partial charge on any atom is -0.325 e. The number of sulfonamides is 1. The van der Waals surface area contributed by atoms with Crippen LogP contribution in [0, 0.1) is 12.8 Å². The number of nitrogens with zero attached hydrogens (tertiary/aromatic N) is 2. The van der Waals surface area contributed by atoms with Crippen LogP contribution in [0.3, 0.4) is 0 Å². The summed E-state index contributed by atoms with van der Waals surface area (Å²) < 4.78 is 26.2. The molecule has 3 rings (SSSR count). The molecule has 0 spiro atoms. The minimum absolute atomic E-state index is 0.0697. The first-order chi connectivity index (χ1) is 13.3. The van der Waals surface area contributed by atoms with E-state index in [4.69, 9.17) is 0 Å². The molecule has 1 amide bonds. The molecule has 156 valence electrons. The zero-order chi connectivity index (χ0) is 20.3. The number of anilines is 1. The van der Waals surface area contributed by atoms with Crippen molar-refractivity contribution in [3.05, 3.63) is 23.8 Å². The molecular weight excluding hydrogens is 374 g/mol. The lowest BCUT2D eigenvalue weighted by molar-refractivity contribution is -0.117. The SMILES string of the molecule is Cc1ccc(NC(=O)CN(CC2CCCCC2)C2CC2)cc1S(=O)(=O)N(C)C. The van der Waals surface area contributed by atoms with Gasteiger partial charge in [-0.15, -0.1) is 0 Å². The Balaban J connectivity index is 1.65. The van der Waals surface area contributed by atoms with Crippen molar-refractivity contribution in [2.24, 2.45) is 5.92 Å². The van der Waals surface area contributed by atoms with E-state index < -0.39 is 10.0 Å². The van der Waals surface area contributed by atoms with E-state index in [-0.39, 0.29) is 10.8 Å². The highest BCUT2D eigenvalue weighted by Crippen LogP contribution is 2.31. The van der Waals surface area contributed by atoms with Gasteiger partial charge < -0.3 is 5.32 Å². The Bertz CT molecular complexity index is 797. The smallest absolute Gasteiger partial charge is 0.242 e. The van der Waals surface area contributed by atoms with Crippen molar-refractivity contribution in [1.82, 2.24) is 9.21 Å². The number of hydrogen-bond donors (Lipinski definition) is 1. The van der Waals surface area contributed by atoms with Crippen LogP contribution in [0.4, 0.5) is 5.69 Å². The van der Waals surface area contributed by atoms with Gasteiger partial charge in [0.05, 0.1) is 11.4 Å². The van der Waals surface area contributed by atoms with Crippen LogP contribution < -0.4 is 5.32 Å². The zero-order valence-electron chi connectivity index (χ0n) is 17.3. The van der Waals surface area contributed by atoms with Gasteiger partial charge in [0.1, 0.15) is 0 Å². The van der Waals surface area contributed by atoms with E-state index in [1.54, 1.807) is 25.1 Å². The summed E-state index contributed by atoms with van der Waals surface area (Å²) in [6, 6.07) is 5.61. The molecule has 0 bridgehead atoms. The molecule has 1 aromatic carbocycles. The van der Waals surface area contributed by atoms with Crippen LogP contribution in [-0.2, 0) is 14.8 Å². The Morgan fingerprint density at radius 1 is 1.11 bits per heavy atom. The second-order valence-corrected chi connectivity index (χ2v) is 10.6. The predicted molar refractivity (Wildman–Crippen MR) is 112 cm³/mol. The van der Waals surface area contributed by atoms with Crippen LogP contribution in [0.5, 0.6) is 0 Å². The fraction of sp³-hybridized carbons (Fsp3) is 0.667. The topological polar surface area (TPSA) is 69.7 Å². The van der Waals surface area contributed by atoms with E-state index in [9.17, 15) is 13.2 Å². The summed E-state index contributed by atoms with van der Waals surface area (Å²) >= 11 is 0. The van der Waals surface area contributed by atoms with Crippen LogP contribution in [0.2, 0.25) is 0 Å². The molecule has 7 heteroatoms. The van der Waals surface area contributed by atoms with Gasteiger partial charge in [-0.3, -0.25) is 9.69 Å². The van der Waals surface area contributed by atoms with E-state index in [0.717, 1.165) is 6.54 Å². The molecule has 2 fully saturated rings. The van der Waals surface area contributed by atoms with Crippen LogP contribution >= 0.6 is 0 Å². The highest BCUT2D eigenvalue weighted by molar-refractivity contribution is 7.89. The average Bonchev–Trinajstić information content (AvgIpc) is 3.48. The molecule has 0 atom stereocenters. The number of rotatable bonds is 8. The van der Waals surface area contributed by atoms with Crippen molar-refractivity contribution >= 4 is 21.6 Å². The molecule has 6 nitrogen and oxygen atoms in total. The van der Waals surface area contributed by atoms with Gasteiger partial charge in [-0.25, -0.2) is 12.7 Å². The predicted octanol–water partition coefficient (Wildman–Crippen LogP) is 3.23. The molecule has 2 aliphatic carbocycles. The van der Waals surface area contributed by atoms with Crippen molar-refractivity contribution in [2.45, 2.75) is 62.8 Å². The fourth-order valence-corrected chi connectivity index (χ4v) is 5.17. The van der Waals surface area contributed by atoms with Gasteiger partial charge in [0.15, 0.2) is 0 Å². The minimum atomic E-state index is -3.54. The number of hydrogen-bond acceptors (Lipinski definition) is 4. The molecule has 0 aromatic heterocycles. The lowest BCUT2D eigenvalue weighted by atomic mass is 9.89. The molecule has 0 radical (unpaired) electrons. The molecular formula is C21H33N3O3S. The molecule has 1 aromatic rings. The third-order valence-electron chi connectivity index (χ3n) is 5.86. The first-order valence-electron chi connectivity index (χ1n) is 10.3. The maximum atomic E-state index is 12.7. The average molecular weight is 408 g/mol. The maximum Gasteiger partial charge on any atom is 0.242 e. The van der Waals surface area contributed by atoms with Gasteiger partial charge in [0, 0.05) is 32.4 Å². The Hall–Kier alpha value is -1.44. The van der Waals surface area contributed by atoms with E-state index in [0.29, 0.717) is 29.8 Å². The fourth-order valence-electron chi connectivity index (χ4n) is 4.02. The summed E-state index contributed by atoms with van der Waals surface area (Å²) in [7, 11) is -0.515. The highest BCUT2D eigenvalue weighted by Gasteiger charge is 2.32. The quantitative estimate of drug-likeness (QED) is 0.718. The van der Waals surface area contributed by atoms with Crippen molar-refractivity contribution < 1.29 is 13.2 Å². The monoisotopic (exact) mass is 407 g/mol. The van der Waals surface area contributed by atoms with Crippen molar-refractivity contribution in [2.75, 3.05) is 32.5 Å². The van der Waals surface area contributed by atoms with Crippen molar-refractivity contribution in [1.29, 1.82) is 0 Å². The molecule has 1 N–H and O–H groups in total. The van der Waals surface area contributed by atoms with Gasteiger partial charge in [0.25, 0.3) is 0 Å². The number of aryl methyl sites for hydroxylation is 1. The Labute approximate surface area is 169 Å². The maximum absolute atomic E-state index is 12.7. The largest absolute Gasteiger partial charge is 0.325 e. The lowest BCUT2D eigenvalue weighted by Crippen LogP contribution is -2.38. The van der Waals surface area contributed by atoms with Gasteiger partial charge in [-0.1, -0.05) is 25.3 Å². The molecule has 2 aliphatic rings. The summed E-state index contributed by atoms with van der Waals surface area (Å²) in [5.41, 5.74) is 1.20. The van der Waals surface area contributed by atoms with Crippen LogP contribution in [-0.4, -0.2) is 56.8 Å². The van der Waals surface area contributed by atoms with E-state index >= 15 is 0 Å². The summed E-state index contributed by atoms with van der Waals surface area (Å²) in [4.78, 5) is 15.2. The summed E-state index contributed by atoms with van der Waals surface area (Å²) in [5.74, 6) is 0.637. The molecule has 0 aliphatic heterocycles. The summed E-state index contributed by atoms with van der Waals surface area (Å²) in [6.07, 6.45) is 8.85. The second-order valence-electron chi connectivity index (χ2n) is 8.48. The molecule has 0 heterocycles. The normalized spacial score (nSPS) is 18.6. The van der Waals surface area contributed by atoms with E-state index in [1.807, 2.05) is 0 Å². The van der Waals surface area contributed by atoms with Crippen molar-refractivity contribution in [3.63, 3.8) is 0 Å². The Kier molecular flexibility index (Phi) is 6.78. The second kappa shape index (κ2) is 8.93. The number of amides is 1. The first-order valence-corrected chi connectivity index (χ1v) is 11.8. The number of nitrogens with one attached hydrogen (secondary N) is 1. The lowest BCUT2D eigenvalue weighted by Gasteiger charge is -2.29. The van der Waals surface area contributed by atoms with E-state index in [2.05, 4.69) is 10.2 Å². The van der Waals surface area contributed by atoms with Gasteiger partial charge in [0.2, 0.25) is 15.9 Å². The molecule has 0 saturated heterocycles. The molecule has 2 saturated carbocycles.